The van der Waals surface area contributed by atoms with Gasteiger partial charge in [-0.1, -0.05) is 11.3 Å². The summed E-state index contributed by atoms with van der Waals surface area (Å²) in [5.41, 5.74) is 0.888. The lowest BCUT2D eigenvalue weighted by Gasteiger charge is -2.22. The average Bonchev–Trinajstić information content (AvgIpc) is 3.17. The lowest BCUT2D eigenvalue weighted by molar-refractivity contribution is -0.118. The third-order valence-corrected chi connectivity index (χ3v) is 6.66. The van der Waals surface area contributed by atoms with Crippen LogP contribution in [0.1, 0.15) is 13.3 Å². The molecular formula is C23H29N3O3S2. The molecule has 3 rings (SSSR count). The molecule has 0 aliphatic heterocycles. The Hall–Kier alpha value is -2.29. The maximum absolute atomic E-state index is 13.1. The van der Waals surface area contributed by atoms with Gasteiger partial charge < -0.3 is 14.4 Å². The van der Waals surface area contributed by atoms with Gasteiger partial charge in [0.05, 0.1) is 23.9 Å². The van der Waals surface area contributed by atoms with Crippen molar-refractivity contribution < 1.29 is 14.3 Å². The first kappa shape index (κ1) is 23.4. The summed E-state index contributed by atoms with van der Waals surface area (Å²) in [4.78, 5) is 22.9. The number of benzene rings is 2. The van der Waals surface area contributed by atoms with Crippen molar-refractivity contribution in [2.24, 2.45) is 0 Å². The van der Waals surface area contributed by atoms with Crippen molar-refractivity contribution in [3.05, 3.63) is 42.5 Å². The Balaban J connectivity index is 1.69. The smallest absolute Gasteiger partial charge is 0.229 e. The Morgan fingerprint density at radius 2 is 1.84 bits per heavy atom. The lowest BCUT2D eigenvalue weighted by atomic mass is 10.3. The number of anilines is 1. The summed E-state index contributed by atoms with van der Waals surface area (Å²) >= 11 is 3.20. The fourth-order valence-corrected chi connectivity index (χ4v) is 4.83. The molecule has 1 amide bonds. The molecule has 31 heavy (non-hydrogen) atoms. The molecule has 8 heteroatoms. The minimum absolute atomic E-state index is 0.0898. The molecule has 0 bridgehead atoms. The minimum atomic E-state index is 0.0898. The number of likely N-dealkylation sites (N-methyl/N-ethyl adjacent to an activating group) is 1. The van der Waals surface area contributed by atoms with Crippen molar-refractivity contribution in [3.63, 3.8) is 0 Å². The molecule has 3 aromatic rings. The van der Waals surface area contributed by atoms with Gasteiger partial charge in [0, 0.05) is 30.2 Å². The van der Waals surface area contributed by atoms with Crippen molar-refractivity contribution in [2.75, 3.05) is 51.6 Å². The fourth-order valence-electron chi connectivity index (χ4n) is 2.95. The Kier molecular flexibility index (Phi) is 8.57. The summed E-state index contributed by atoms with van der Waals surface area (Å²) in [7, 11) is 5.67. The van der Waals surface area contributed by atoms with Crippen LogP contribution in [0.4, 0.5) is 5.13 Å². The maximum atomic E-state index is 13.1. The van der Waals surface area contributed by atoms with Crippen LogP contribution in [0.2, 0.25) is 0 Å². The van der Waals surface area contributed by atoms with Crippen molar-refractivity contribution in [1.82, 2.24) is 9.88 Å². The zero-order valence-corrected chi connectivity index (χ0v) is 20.1. The van der Waals surface area contributed by atoms with E-state index in [1.165, 1.54) is 11.3 Å². The fraction of sp³-hybridized carbons (Fsp3) is 0.391. The molecule has 0 radical (unpaired) electrons. The van der Waals surface area contributed by atoms with Crippen molar-refractivity contribution in [1.29, 1.82) is 0 Å². The van der Waals surface area contributed by atoms with E-state index < -0.39 is 0 Å². The van der Waals surface area contributed by atoms with Gasteiger partial charge in [0.25, 0.3) is 0 Å². The molecule has 0 unspecified atom stereocenters. The normalized spacial score (nSPS) is 11.1. The van der Waals surface area contributed by atoms with Crippen LogP contribution in [-0.4, -0.2) is 62.4 Å². The lowest BCUT2D eigenvalue weighted by Crippen LogP contribution is -2.36. The van der Waals surface area contributed by atoms with E-state index in [0.717, 1.165) is 38.3 Å². The third-order valence-electron chi connectivity index (χ3n) is 4.61. The van der Waals surface area contributed by atoms with Crippen LogP contribution in [0.3, 0.4) is 0 Å². The molecule has 166 valence electrons. The Labute approximate surface area is 192 Å². The second kappa shape index (κ2) is 11.4. The highest BCUT2D eigenvalue weighted by molar-refractivity contribution is 7.99. The van der Waals surface area contributed by atoms with Crippen LogP contribution in [-0.2, 0) is 4.79 Å². The number of carbonyl (C=O) groups excluding carboxylic acids is 1. The van der Waals surface area contributed by atoms with Gasteiger partial charge in [-0.3, -0.25) is 9.69 Å². The predicted molar refractivity (Wildman–Crippen MR) is 130 cm³/mol. The number of rotatable bonds is 11. The van der Waals surface area contributed by atoms with E-state index in [9.17, 15) is 4.79 Å². The highest BCUT2D eigenvalue weighted by atomic mass is 32.2. The minimum Gasteiger partial charge on any atom is -0.497 e. The van der Waals surface area contributed by atoms with Crippen molar-refractivity contribution >= 4 is 44.4 Å². The highest BCUT2D eigenvalue weighted by Crippen LogP contribution is 2.32. The van der Waals surface area contributed by atoms with Crippen LogP contribution in [0.15, 0.2) is 47.4 Å². The molecule has 1 aromatic heterocycles. The number of nitrogens with zero attached hydrogens (tertiary/aromatic N) is 3. The Morgan fingerprint density at radius 3 is 2.52 bits per heavy atom. The second-order valence-electron chi connectivity index (χ2n) is 7.18. The molecular weight excluding hydrogens is 430 g/mol. The zero-order valence-electron chi connectivity index (χ0n) is 18.5. The van der Waals surface area contributed by atoms with Crippen LogP contribution < -0.4 is 14.4 Å². The summed E-state index contributed by atoms with van der Waals surface area (Å²) in [6.07, 6.45) is 0.449. The predicted octanol–water partition coefficient (Wildman–Crippen LogP) is 4.78. The Bertz CT molecular complexity index is 989. The largest absolute Gasteiger partial charge is 0.497 e. The average molecular weight is 460 g/mol. The summed E-state index contributed by atoms with van der Waals surface area (Å²) in [5.74, 6) is 2.46. The van der Waals surface area contributed by atoms with Gasteiger partial charge in [-0.15, -0.1) is 11.8 Å². The first-order valence-electron chi connectivity index (χ1n) is 10.3. The summed E-state index contributed by atoms with van der Waals surface area (Å²) < 4.78 is 11.8. The number of ether oxygens (including phenoxy) is 2. The van der Waals surface area contributed by atoms with Crippen molar-refractivity contribution in [3.8, 4) is 11.5 Å². The van der Waals surface area contributed by atoms with Gasteiger partial charge in [-0.05, 0) is 63.5 Å². The monoisotopic (exact) mass is 459 g/mol. The van der Waals surface area contributed by atoms with E-state index in [1.807, 2.05) is 68.4 Å². The SMILES string of the molecule is CCOc1ccc2nc(N(CCN(C)C)C(=O)CCSc3ccc(OC)cc3)sc2c1. The van der Waals surface area contributed by atoms with Gasteiger partial charge >= 0.3 is 0 Å². The van der Waals surface area contributed by atoms with E-state index >= 15 is 0 Å². The first-order valence-corrected chi connectivity index (χ1v) is 12.1. The highest BCUT2D eigenvalue weighted by Gasteiger charge is 2.20. The van der Waals surface area contributed by atoms with Gasteiger partial charge in [0.15, 0.2) is 5.13 Å². The molecule has 0 aliphatic rings. The van der Waals surface area contributed by atoms with Crippen LogP contribution in [0, 0.1) is 0 Å². The van der Waals surface area contributed by atoms with Crippen LogP contribution in [0.25, 0.3) is 10.2 Å². The van der Waals surface area contributed by atoms with Crippen LogP contribution in [0.5, 0.6) is 11.5 Å². The molecule has 0 saturated heterocycles. The molecule has 0 fully saturated rings. The third kappa shape index (κ3) is 6.59. The molecule has 0 saturated carbocycles. The van der Waals surface area contributed by atoms with E-state index in [1.54, 1.807) is 18.9 Å². The van der Waals surface area contributed by atoms with Gasteiger partial charge in [-0.25, -0.2) is 4.98 Å². The number of hydrogen-bond acceptors (Lipinski definition) is 7. The number of fused-ring (bicyclic) bond motifs is 1. The number of thiazole rings is 1. The topological polar surface area (TPSA) is 54.9 Å². The van der Waals surface area contributed by atoms with Crippen molar-refractivity contribution in [2.45, 2.75) is 18.2 Å². The summed E-state index contributed by atoms with van der Waals surface area (Å²) in [6, 6.07) is 13.8. The molecule has 0 N–H and O–H groups in total. The molecule has 0 spiro atoms. The van der Waals surface area contributed by atoms with Crippen LogP contribution >= 0.6 is 23.1 Å². The molecule has 2 aromatic carbocycles. The van der Waals surface area contributed by atoms with Gasteiger partial charge in [0.1, 0.15) is 11.5 Å². The summed E-state index contributed by atoms with van der Waals surface area (Å²) in [6.45, 7) is 3.97. The molecule has 0 atom stereocenters. The standard InChI is InChI=1S/C23H29N3O3S2/c1-5-29-18-8-11-20-21(16-18)31-23(24-20)26(14-13-25(2)3)22(27)12-15-30-19-9-6-17(28-4)7-10-19/h6-11,16H,5,12-15H2,1-4H3. The molecule has 1 heterocycles. The number of carbonyl (C=O) groups is 1. The second-order valence-corrected chi connectivity index (χ2v) is 9.36. The number of methoxy groups -OCH3 is 1. The Morgan fingerprint density at radius 1 is 1.10 bits per heavy atom. The zero-order chi connectivity index (χ0) is 22.2. The maximum Gasteiger partial charge on any atom is 0.229 e. The number of hydrogen-bond donors (Lipinski definition) is 0. The van der Waals surface area contributed by atoms with E-state index in [-0.39, 0.29) is 5.91 Å². The number of aromatic nitrogens is 1. The molecule has 0 aliphatic carbocycles. The van der Waals surface area contributed by atoms with E-state index in [2.05, 4.69) is 4.90 Å². The van der Waals surface area contributed by atoms with E-state index in [0.29, 0.717) is 25.3 Å². The van der Waals surface area contributed by atoms with Gasteiger partial charge in [0.2, 0.25) is 5.91 Å². The molecule has 6 nitrogen and oxygen atoms in total. The van der Waals surface area contributed by atoms with Gasteiger partial charge in [-0.2, -0.15) is 0 Å². The first-order chi connectivity index (χ1) is 15.0. The number of thioether (sulfide) groups is 1. The summed E-state index contributed by atoms with van der Waals surface area (Å²) in [5, 5.41) is 0.741. The number of amides is 1. The quantitative estimate of drug-likeness (QED) is 0.385. The van der Waals surface area contributed by atoms with E-state index in [4.69, 9.17) is 14.5 Å².